The highest BCUT2D eigenvalue weighted by Gasteiger charge is 2.23. The molecule has 2 N–H and O–H groups in total. The maximum atomic E-state index is 6.10. The number of aromatic nitrogens is 1. The zero-order valence-electron chi connectivity index (χ0n) is 12.1. The number of piperidine rings is 1. The SMILES string of the molecule is CC1CN(Cc2ccc(Br)c3cccnc23)CCC1N.Cl. The summed E-state index contributed by atoms with van der Waals surface area (Å²) < 4.78 is 1.11. The summed E-state index contributed by atoms with van der Waals surface area (Å²) in [5.74, 6) is 0.568. The lowest BCUT2D eigenvalue weighted by Crippen LogP contribution is -2.45. The maximum absolute atomic E-state index is 6.10. The molecule has 21 heavy (non-hydrogen) atoms. The fraction of sp³-hybridized carbons (Fsp3) is 0.438. The van der Waals surface area contributed by atoms with Crippen LogP contribution in [-0.4, -0.2) is 29.0 Å². The number of benzene rings is 1. The molecule has 0 aliphatic carbocycles. The molecule has 0 saturated carbocycles. The molecule has 1 fully saturated rings. The van der Waals surface area contributed by atoms with Crippen molar-refractivity contribution in [1.29, 1.82) is 0 Å². The number of fused-ring (bicyclic) bond motifs is 1. The van der Waals surface area contributed by atoms with Crippen molar-refractivity contribution in [2.45, 2.75) is 25.9 Å². The van der Waals surface area contributed by atoms with E-state index >= 15 is 0 Å². The van der Waals surface area contributed by atoms with Gasteiger partial charge in [-0.05, 0) is 36.6 Å². The normalized spacial score (nSPS) is 23.0. The summed E-state index contributed by atoms with van der Waals surface area (Å²) in [6, 6.07) is 8.76. The number of halogens is 2. The first-order chi connectivity index (χ1) is 9.65. The van der Waals surface area contributed by atoms with Gasteiger partial charge in [-0.3, -0.25) is 9.88 Å². The van der Waals surface area contributed by atoms with Crippen LogP contribution in [0.4, 0.5) is 0 Å². The number of pyridine rings is 1. The molecular weight excluding hydrogens is 350 g/mol. The van der Waals surface area contributed by atoms with E-state index in [1.807, 2.05) is 12.3 Å². The van der Waals surface area contributed by atoms with E-state index in [0.29, 0.717) is 12.0 Å². The van der Waals surface area contributed by atoms with Crippen molar-refractivity contribution in [3.63, 3.8) is 0 Å². The Morgan fingerprint density at radius 1 is 1.38 bits per heavy atom. The molecule has 0 bridgehead atoms. The fourth-order valence-corrected chi connectivity index (χ4v) is 3.41. The second kappa shape index (κ2) is 7.05. The molecule has 2 atom stereocenters. The maximum Gasteiger partial charge on any atom is 0.0758 e. The molecular formula is C16H21BrClN3. The molecule has 2 aromatic rings. The van der Waals surface area contributed by atoms with Crippen LogP contribution in [0.1, 0.15) is 18.9 Å². The monoisotopic (exact) mass is 369 g/mol. The van der Waals surface area contributed by atoms with Gasteiger partial charge >= 0.3 is 0 Å². The average molecular weight is 371 g/mol. The Balaban J connectivity index is 0.00000161. The van der Waals surface area contributed by atoms with E-state index in [0.717, 1.165) is 36.0 Å². The molecule has 0 radical (unpaired) electrons. The summed E-state index contributed by atoms with van der Waals surface area (Å²) in [4.78, 5) is 7.05. The minimum atomic E-state index is 0. The van der Waals surface area contributed by atoms with Crippen LogP contribution in [0.15, 0.2) is 34.9 Å². The summed E-state index contributed by atoms with van der Waals surface area (Å²) in [5.41, 5.74) is 8.50. The van der Waals surface area contributed by atoms with E-state index in [4.69, 9.17) is 5.73 Å². The van der Waals surface area contributed by atoms with Gasteiger partial charge in [0.05, 0.1) is 5.52 Å². The smallest absolute Gasteiger partial charge is 0.0758 e. The summed E-state index contributed by atoms with van der Waals surface area (Å²) in [6.45, 7) is 5.36. The Kier molecular flexibility index (Phi) is 5.60. The van der Waals surface area contributed by atoms with Gasteiger partial charge in [0.2, 0.25) is 0 Å². The first-order valence-corrected chi connectivity index (χ1v) is 7.94. The Morgan fingerprint density at radius 3 is 2.95 bits per heavy atom. The summed E-state index contributed by atoms with van der Waals surface area (Å²) in [7, 11) is 0. The molecule has 1 aliphatic rings. The van der Waals surface area contributed by atoms with Crippen LogP contribution in [0.25, 0.3) is 10.9 Å². The lowest BCUT2D eigenvalue weighted by Gasteiger charge is -2.35. The molecule has 2 unspecified atom stereocenters. The third-order valence-electron chi connectivity index (χ3n) is 4.25. The van der Waals surface area contributed by atoms with Crippen LogP contribution in [0, 0.1) is 5.92 Å². The zero-order chi connectivity index (χ0) is 14.1. The third kappa shape index (κ3) is 3.57. The summed E-state index contributed by atoms with van der Waals surface area (Å²) in [6.07, 6.45) is 2.95. The molecule has 1 aromatic heterocycles. The van der Waals surface area contributed by atoms with Gasteiger partial charge in [-0.2, -0.15) is 0 Å². The Bertz CT molecular complexity index is 619. The second-order valence-electron chi connectivity index (χ2n) is 5.77. The van der Waals surface area contributed by atoms with Crippen LogP contribution >= 0.6 is 28.3 Å². The van der Waals surface area contributed by atoms with Crippen molar-refractivity contribution < 1.29 is 0 Å². The average Bonchev–Trinajstić information content (AvgIpc) is 2.46. The van der Waals surface area contributed by atoms with Crippen molar-refractivity contribution in [2.24, 2.45) is 11.7 Å². The van der Waals surface area contributed by atoms with Crippen LogP contribution in [0.5, 0.6) is 0 Å². The fourth-order valence-electron chi connectivity index (χ4n) is 2.96. The minimum Gasteiger partial charge on any atom is -0.327 e. The van der Waals surface area contributed by atoms with Crippen molar-refractivity contribution in [3.8, 4) is 0 Å². The highest BCUT2D eigenvalue weighted by molar-refractivity contribution is 9.10. The number of nitrogens with two attached hydrogens (primary N) is 1. The minimum absolute atomic E-state index is 0. The number of hydrogen-bond donors (Lipinski definition) is 1. The second-order valence-corrected chi connectivity index (χ2v) is 6.63. The molecule has 3 nitrogen and oxygen atoms in total. The van der Waals surface area contributed by atoms with Crippen molar-refractivity contribution in [2.75, 3.05) is 13.1 Å². The molecule has 1 saturated heterocycles. The number of nitrogens with zero attached hydrogens (tertiary/aromatic N) is 2. The largest absolute Gasteiger partial charge is 0.327 e. The van der Waals surface area contributed by atoms with Gasteiger partial charge in [0.1, 0.15) is 0 Å². The van der Waals surface area contributed by atoms with Crippen molar-refractivity contribution in [1.82, 2.24) is 9.88 Å². The number of rotatable bonds is 2. The lowest BCUT2D eigenvalue weighted by atomic mass is 9.94. The molecule has 1 aliphatic heterocycles. The third-order valence-corrected chi connectivity index (χ3v) is 4.94. The van der Waals surface area contributed by atoms with Gasteiger partial charge in [0.15, 0.2) is 0 Å². The Morgan fingerprint density at radius 2 is 2.19 bits per heavy atom. The Hall–Kier alpha value is -0.680. The van der Waals surface area contributed by atoms with Crippen molar-refractivity contribution in [3.05, 3.63) is 40.5 Å². The van der Waals surface area contributed by atoms with E-state index in [1.165, 1.54) is 10.9 Å². The first-order valence-electron chi connectivity index (χ1n) is 7.15. The molecule has 0 amide bonds. The number of likely N-dealkylation sites (tertiary alicyclic amines) is 1. The molecule has 3 rings (SSSR count). The first kappa shape index (κ1) is 16.7. The standard InChI is InChI=1S/C16H20BrN3.ClH/c1-11-9-20(8-6-15(11)18)10-12-4-5-14(17)13-3-2-7-19-16(12)13;/h2-5,7,11,15H,6,8-10,18H2,1H3;1H. The highest BCUT2D eigenvalue weighted by Crippen LogP contribution is 2.27. The molecule has 1 aromatic carbocycles. The van der Waals surface area contributed by atoms with Gasteiger partial charge in [-0.1, -0.05) is 35.0 Å². The molecule has 0 spiro atoms. The molecule has 2 heterocycles. The van der Waals surface area contributed by atoms with Crippen LogP contribution in [0.3, 0.4) is 0 Å². The Labute approximate surface area is 140 Å². The number of hydrogen-bond acceptors (Lipinski definition) is 3. The van der Waals surface area contributed by atoms with Gasteiger partial charge in [0, 0.05) is 35.2 Å². The quantitative estimate of drug-likeness (QED) is 0.878. The topological polar surface area (TPSA) is 42.2 Å². The van der Waals surface area contributed by atoms with E-state index in [1.54, 1.807) is 0 Å². The van der Waals surface area contributed by atoms with E-state index in [2.05, 4.69) is 50.9 Å². The lowest BCUT2D eigenvalue weighted by molar-refractivity contribution is 0.158. The van der Waals surface area contributed by atoms with Gasteiger partial charge < -0.3 is 5.73 Å². The van der Waals surface area contributed by atoms with Gasteiger partial charge in [-0.25, -0.2) is 0 Å². The predicted octanol–water partition coefficient (Wildman–Crippen LogP) is 3.59. The molecule has 5 heteroatoms. The van der Waals surface area contributed by atoms with Crippen LogP contribution in [-0.2, 0) is 6.54 Å². The van der Waals surface area contributed by atoms with Crippen LogP contribution in [0.2, 0.25) is 0 Å². The van der Waals surface area contributed by atoms with E-state index < -0.39 is 0 Å². The highest BCUT2D eigenvalue weighted by atomic mass is 79.9. The predicted molar refractivity (Wildman–Crippen MR) is 93.7 cm³/mol. The van der Waals surface area contributed by atoms with Crippen molar-refractivity contribution >= 4 is 39.2 Å². The van der Waals surface area contributed by atoms with Gasteiger partial charge in [-0.15, -0.1) is 12.4 Å². The van der Waals surface area contributed by atoms with E-state index in [9.17, 15) is 0 Å². The van der Waals surface area contributed by atoms with Crippen LogP contribution < -0.4 is 5.73 Å². The molecule has 114 valence electrons. The van der Waals surface area contributed by atoms with Gasteiger partial charge in [0.25, 0.3) is 0 Å². The summed E-state index contributed by atoms with van der Waals surface area (Å²) in [5, 5.41) is 1.19. The summed E-state index contributed by atoms with van der Waals surface area (Å²) >= 11 is 3.60. The van der Waals surface area contributed by atoms with E-state index in [-0.39, 0.29) is 12.4 Å². The zero-order valence-corrected chi connectivity index (χ0v) is 14.5.